The number of nitrogens with zero attached hydrogens (tertiary/aromatic N) is 1. The topological polar surface area (TPSA) is 68.6 Å². The highest BCUT2D eigenvalue weighted by molar-refractivity contribution is 5.95. The Bertz CT molecular complexity index is 965. The number of nitrogens with two attached hydrogens (primary N) is 1. The maximum atomic E-state index is 14.8. The van der Waals surface area contributed by atoms with Crippen molar-refractivity contribution in [2.24, 2.45) is 10.7 Å². The third-order valence-electron chi connectivity index (χ3n) is 5.08. The van der Waals surface area contributed by atoms with Gasteiger partial charge >= 0.3 is 0 Å². The van der Waals surface area contributed by atoms with Gasteiger partial charge in [-0.05, 0) is 50.6 Å². The molecule has 0 saturated carbocycles. The highest BCUT2D eigenvalue weighted by atomic mass is 19.3. The predicted molar refractivity (Wildman–Crippen MR) is 95.9 cm³/mol. The summed E-state index contributed by atoms with van der Waals surface area (Å²) >= 11 is 0. The van der Waals surface area contributed by atoms with Crippen LogP contribution in [0.5, 0.6) is 0 Å². The average molecular weight is 396 g/mol. The van der Waals surface area contributed by atoms with E-state index in [9.17, 15) is 22.4 Å². The minimum atomic E-state index is -3.69. The summed E-state index contributed by atoms with van der Waals surface area (Å²) in [5, 5.41) is 0. The molecule has 1 aromatic carbocycles. The zero-order valence-electron chi connectivity index (χ0n) is 15.7. The van der Waals surface area contributed by atoms with Gasteiger partial charge in [-0.1, -0.05) is 6.07 Å². The lowest BCUT2D eigenvalue weighted by atomic mass is 9.77. The van der Waals surface area contributed by atoms with E-state index in [0.29, 0.717) is 11.3 Å². The molecule has 1 aliphatic rings. The summed E-state index contributed by atoms with van der Waals surface area (Å²) in [7, 11) is 0. The second kappa shape index (κ2) is 6.46. The van der Waals surface area contributed by atoms with Gasteiger partial charge in [-0.15, -0.1) is 0 Å². The first-order chi connectivity index (χ1) is 12.9. The molecule has 2 N–H and O–H groups in total. The fourth-order valence-corrected chi connectivity index (χ4v) is 3.29. The number of hydrogen-bond acceptors (Lipinski definition) is 4. The molecule has 1 aromatic heterocycles. The quantitative estimate of drug-likeness (QED) is 0.612. The maximum absolute atomic E-state index is 14.8. The highest BCUT2D eigenvalue weighted by Gasteiger charge is 2.60. The zero-order valence-corrected chi connectivity index (χ0v) is 15.7. The molecular formula is C20H20F4N2O2. The molecule has 8 heteroatoms. The molecule has 2 atom stereocenters. The van der Waals surface area contributed by atoms with Crippen LogP contribution in [-0.2, 0) is 12.0 Å². The predicted octanol–water partition coefficient (Wildman–Crippen LogP) is 4.49. The van der Waals surface area contributed by atoms with Crippen LogP contribution in [0.1, 0.15) is 47.7 Å². The van der Waals surface area contributed by atoms with Crippen molar-refractivity contribution >= 4 is 11.6 Å². The highest BCUT2D eigenvalue weighted by Crippen LogP contribution is 2.50. The lowest BCUT2D eigenvalue weighted by Gasteiger charge is -2.42. The summed E-state index contributed by atoms with van der Waals surface area (Å²) in [4.78, 5) is 16.0. The second-order valence-electron chi connectivity index (χ2n) is 7.47. The van der Waals surface area contributed by atoms with E-state index in [1.807, 2.05) is 0 Å². The molecule has 0 bridgehead atoms. The molecular weight excluding hydrogens is 376 g/mol. The summed E-state index contributed by atoms with van der Waals surface area (Å²) in [6, 6.07) is 6.59. The Morgan fingerprint density at radius 3 is 2.50 bits per heavy atom. The smallest absolute Gasteiger partial charge is 0.280 e. The molecule has 0 spiro atoms. The van der Waals surface area contributed by atoms with E-state index in [4.69, 9.17) is 10.2 Å². The third kappa shape index (κ3) is 3.31. The Balaban J connectivity index is 2.01. The summed E-state index contributed by atoms with van der Waals surface area (Å²) in [5.41, 5.74) is 0.508. The van der Waals surface area contributed by atoms with E-state index in [2.05, 4.69) is 4.99 Å². The number of hydrogen-bond donors (Lipinski definition) is 1. The fraction of sp³-hybridized carbons (Fsp3) is 0.400. The van der Waals surface area contributed by atoms with Gasteiger partial charge in [0.1, 0.15) is 17.4 Å². The lowest BCUT2D eigenvalue weighted by Crippen LogP contribution is -2.56. The van der Waals surface area contributed by atoms with Crippen LogP contribution in [0, 0.1) is 12.7 Å². The zero-order chi connectivity index (χ0) is 20.9. The van der Waals surface area contributed by atoms with Crippen molar-refractivity contribution in [1.29, 1.82) is 0 Å². The summed E-state index contributed by atoms with van der Waals surface area (Å²) in [5.74, 6) is -4.96. The van der Waals surface area contributed by atoms with Gasteiger partial charge in [0.15, 0.2) is 17.0 Å². The van der Waals surface area contributed by atoms with Crippen LogP contribution in [0.25, 0.3) is 0 Å². The first-order valence-corrected chi connectivity index (χ1v) is 8.67. The number of benzene rings is 1. The van der Waals surface area contributed by atoms with E-state index in [0.717, 1.165) is 26.0 Å². The van der Waals surface area contributed by atoms with Gasteiger partial charge in [-0.3, -0.25) is 9.79 Å². The Morgan fingerprint density at radius 2 is 1.89 bits per heavy atom. The Hall–Kier alpha value is -2.64. The molecule has 0 saturated heterocycles. The molecule has 2 heterocycles. The molecule has 1 aliphatic heterocycles. The van der Waals surface area contributed by atoms with Crippen LogP contribution in [0.2, 0.25) is 0 Å². The van der Waals surface area contributed by atoms with Crippen molar-refractivity contribution in [3.8, 4) is 0 Å². The largest absolute Gasteiger partial charge is 0.458 e. The molecule has 0 radical (unpaired) electrons. The van der Waals surface area contributed by atoms with Crippen LogP contribution >= 0.6 is 0 Å². The van der Waals surface area contributed by atoms with E-state index in [-0.39, 0.29) is 18.0 Å². The van der Waals surface area contributed by atoms with Gasteiger partial charge in [0, 0.05) is 12.0 Å². The first-order valence-electron chi connectivity index (χ1n) is 8.67. The molecule has 28 heavy (non-hydrogen) atoms. The van der Waals surface area contributed by atoms with Gasteiger partial charge in [0.2, 0.25) is 5.78 Å². The van der Waals surface area contributed by atoms with Crippen LogP contribution in [0.4, 0.5) is 17.6 Å². The van der Waals surface area contributed by atoms with Crippen LogP contribution in [0.15, 0.2) is 39.7 Å². The molecule has 0 amide bonds. The minimum absolute atomic E-state index is 0.119. The van der Waals surface area contributed by atoms with Crippen LogP contribution in [0.3, 0.4) is 0 Å². The number of ketones is 1. The summed E-state index contributed by atoms with van der Waals surface area (Å²) < 4.78 is 63.6. The third-order valence-corrected chi connectivity index (χ3v) is 5.08. The van der Waals surface area contributed by atoms with Crippen molar-refractivity contribution < 1.29 is 26.8 Å². The van der Waals surface area contributed by atoms with Gasteiger partial charge in [0.25, 0.3) is 5.92 Å². The van der Waals surface area contributed by atoms with Crippen LogP contribution < -0.4 is 5.73 Å². The molecule has 0 unspecified atom stereocenters. The molecule has 2 aromatic rings. The van der Waals surface area contributed by atoms with Crippen molar-refractivity contribution in [3.63, 3.8) is 0 Å². The Labute approximate surface area is 159 Å². The van der Waals surface area contributed by atoms with Crippen molar-refractivity contribution in [2.45, 2.75) is 50.7 Å². The number of halogens is 4. The standard InChI is InChI=1S/C20H20F4N2O2/c1-11-4-7-16(28-11)15(27)9-12-5-6-14(21)13(8-12)19(3)20(23,24)10-18(2,22)17(25)26-19/h4-8H,9-10H2,1-3H3,(H2,25,26)/t18-,19-/m1/s1. The van der Waals surface area contributed by atoms with Gasteiger partial charge < -0.3 is 10.2 Å². The van der Waals surface area contributed by atoms with Gasteiger partial charge in [-0.25, -0.2) is 17.6 Å². The van der Waals surface area contributed by atoms with Crippen molar-refractivity contribution in [2.75, 3.05) is 0 Å². The van der Waals surface area contributed by atoms with Gasteiger partial charge in [-0.2, -0.15) is 0 Å². The average Bonchev–Trinajstić information content (AvgIpc) is 3.01. The lowest BCUT2D eigenvalue weighted by molar-refractivity contribution is -0.106. The monoisotopic (exact) mass is 396 g/mol. The number of furan rings is 1. The van der Waals surface area contributed by atoms with E-state index in [1.165, 1.54) is 12.1 Å². The molecule has 0 aliphatic carbocycles. The normalized spacial score (nSPS) is 26.8. The van der Waals surface area contributed by atoms with Crippen LogP contribution in [-0.4, -0.2) is 23.2 Å². The molecule has 0 fully saturated rings. The van der Waals surface area contributed by atoms with E-state index < -0.39 is 40.8 Å². The number of amidine groups is 1. The van der Waals surface area contributed by atoms with Gasteiger partial charge in [0.05, 0.1) is 6.42 Å². The Kier molecular flexibility index (Phi) is 4.64. The van der Waals surface area contributed by atoms with Crippen molar-refractivity contribution in [3.05, 3.63) is 58.8 Å². The Morgan fingerprint density at radius 1 is 1.21 bits per heavy atom. The summed E-state index contributed by atoms with van der Waals surface area (Å²) in [6.07, 6.45) is -1.40. The SMILES string of the molecule is Cc1ccc(C(=O)Cc2ccc(F)c([C@@]3(C)N=C(N)[C@](C)(F)CC3(F)F)c2)o1. The summed E-state index contributed by atoms with van der Waals surface area (Å²) in [6.45, 7) is 3.60. The number of rotatable bonds is 4. The number of aliphatic imine (C=N–C) groups is 1. The molecule has 150 valence electrons. The van der Waals surface area contributed by atoms with E-state index in [1.54, 1.807) is 13.0 Å². The second-order valence-corrected chi connectivity index (χ2v) is 7.47. The number of aryl methyl sites for hydroxylation is 1. The fourth-order valence-electron chi connectivity index (χ4n) is 3.29. The number of carbonyl (C=O) groups is 1. The molecule has 4 nitrogen and oxygen atoms in total. The number of alkyl halides is 3. The first kappa shape index (κ1) is 20.1. The number of Topliss-reactive ketones (excluding diaryl/α,β-unsaturated/α-hetero) is 1. The van der Waals surface area contributed by atoms with Crippen molar-refractivity contribution in [1.82, 2.24) is 0 Å². The maximum Gasteiger partial charge on any atom is 0.280 e. The molecule has 3 rings (SSSR count). The van der Waals surface area contributed by atoms with E-state index >= 15 is 0 Å². The minimum Gasteiger partial charge on any atom is -0.458 e. The number of carbonyl (C=O) groups excluding carboxylic acids is 1.